The van der Waals surface area contributed by atoms with Crippen LogP contribution in [0.4, 0.5) is 0 Å². The van der Waals surface area contributed by atoms with Crippen LogP contribution in [-0.4, -0.2) is 29.4 Å². The molecule has 0 amide bonds. The van der Waals surface area contributed by atoms with Gasteiger partial charge in [-0.25, -0.2) is 4.79 Å². The van der Waals surface area contributed by atoms with Crippen molar-refractivity contribution in [2.24, 2.45) is 0 Å². The number of aliphatic hydroxyl groups is 1. The van der Waals surface area contributed by atoms with E-state index in [2.05, 4.69) is 15.9 Å². The molecule has 1 rings (SSSR count). The van der Waals surface area contributed by atoms with Crippen LogP contribution in [0, 0.1) is 0 Å². The Kier molecular flexibility index (Phi) is 4.76. The predicted octanol–water partition coefficient (Wildman–Crippen LogP) is 1.84. The molecule has 0 spiro atoms. The normalized spacial score (nSPS) is 12.2. The highest BCUT2D eigenvalue weighted by atomic mass is 79.9. The highest BCUT2D eigenvalue weighted by Gasteiger charge is 2.14. The molecule has 1 aromatic carbocycles. The van der Waals surface area contributed by atoms with Crippen molar-refractivity contribution in [3.63, 3.8) is 0 Å². The lowest BCUT2D eigenvalue weighted by molar-refractivity contribution is -0.146. The number of aliphatic hydroxyl groups excluding tert-OH is 1. The van der Waals surface area contributed by atoms with Crippen LogP contribution in [0.3, 0.4) is 0 Å². The summed E-state index contributed by atoms with van der Waals surface area (Å²) >= 11 is 3.33. The summed E-state index contributed by atoms with van der Waals surface area (Å²) in [4.78, 5) is 10.5. The maximum Gasteiger partial charge on any atom is 0.332 e. The smallest absolute Gasteiger partial charge is 0.332 e. The summed E-state index contributed by atoms with van der Waals surface area (Å²) in [6, 6.07) is 5.50. The van der Waals surface area contributed by atoms with Crippen molar-refractivity contribution in [3.8, 4) is 5.75 Å². The SMILES string of the molecule is COc1ccc(Br)cc1CCC(O)C(=O)O. The largest absolute Gasteiger partial charge is 0.496 e. The second-order valence-corrected chi connectivity index (χ2v) is 4.26. The molecule has 0 saturated heterocycles. The van der Waals surface area contributed by atoms with Crippen molar-refractivity contribution in [3.05, 3.63) is 28.2 Å². The average molecular weight is 289 g/mol. The fourth-order valence-electron chi connectivity index (χ4n) is 1.36. The number of carboxylic acid groups (broad SMARTS) is 1. The highest BCUT2D eigenvalue weighted by Crippen LogP contribution is 2.24. The summed E-state index contributed by atoms with van der Waals surface area (Å²) < 4.78 is 6.04. The van der Waals surface area contributed by atoms with Crippen molar-refractivity contribution >= 4 is 21.9 Å². The van der Waals surface area contributed by atoms with E-state index in [1.54, 1.807) is 13.2 Å². The van der Waals surface area contributed by atoms with E-state index in [4.69, 9.17) is 14.9 Å². The van der Waals surface area contributed by atoms with Gasteiger partial charge in [-0.15, -0.1) is 0 Å². The summed E-state index contributed by atoms with van der Waals surface area (Å²) in [6.07, 6.45) is -0.707. The lowest BCUT2D eigenvalue weighted by atomic mass is 10.1. The molecule has 5 heteroatoms. The number of benzene rings is 1. The van der Waals surface area contributed by atoms with Gasteiger partial charge >= 0.3 is 5.97 Å². The molecule has 0 aliphatic rings. The van der Waals surface area contributed by atoms with Crippen LogP contribution in [0.5, 0.6) is 5.75 Å². The van der Waals surface area contributed by atoms with Gasteiger partial charge in [-0.2, -0.15) is 0 Å². The number of rotatable bonds is 5. The third-order valence-corrected chi connectivity index (χ3v) is 2.71. The lowest BCUT2D eigenvalue weighted by Crippen LogP contribution is -2.20. The Morgan fingerprint density at radius 2 is 2.25 bits per heavy atom. The molecule has 0 bridgehead atoms. The molecule has 1 aromatic rings. The van der Waals surface area contributed by atoms with Crippen molar-refractivity contribution in [2.75, 3.05) is 7.11 Å². The van der Waals surface area contributed by atoms with Gasteiger partial charge in [0, 0.05) is 4.47 Å². The second kappa shape index (κ2) is 5.86. The Labute approximate surface area is 102 Å². The van der Waals surface area contributed by atoms with Crippen LogP contribution in [0.15, 0.2) is 22.7 Å². The number of carbonyl (C=O) groups is 1. The topological polar surface area (TPSA) is 66.8 Å². The molecular weight excluding hydrogens is 276 g/mol. The summed E-state index contributed by atoms with van der Waals surface area (Å²) in [6.45, 7) is 0. The van der Waals surface area contributed by atoms with E-state index in [9.17, 15) is 4.79 Å². The van der Waals surface area contributed by atoms with Crippen LogP contribution in [0.1, 0.15) is 12.0 Å². The predicted molar refractivity (Wildman–Crippen MR) is 62.7 cm³/mol. The van der Waals surface area contributed by atoms with Gasteiger partial charge in [0.05, 0.1) is 7.11 Å². The molecule has 1 atom stereocenters. The number of carboxylic acids is 1. The van der Waals surface area contributed by atoms with Gasteiger partial charge in [-0.05, 0) is 36.6 Å². The molecule has 0 aliphatic heterocycles. The van der Waals surface area contributed by atoms with Gasteiger partial charge in [0.15, 0.2) is 6.10 Å². The van der Waals surface area contributed by atoms with Crippen LogP contribution in [-0.2, 0) is 11.2 Å². The van der Waals surface area contributed by atoms with E-state index in [1.165, 1.54) is 0 Å². The summed E-state index contributed by atoms with van der Waals surface area (Å²) in [5, 5.41) is 17.7. The number of hydrogen-bond donors (Lipinski definition) is 2. The van der Waals surface area contributed by atoms with Gasteiger partial charge in [0.2, 0.25) is 0 Å². The first-order valence-corrected chi connectivity index (χ1v) is 5.57. The van der Waals surface area contributed by atoms with Crippen molar-refractivity contribution < 1.29 is 19.7 Å². The van der Waals surface area contributed by atoms with Crippen LogP contribution >= 0.6 is 15.9 Å². The van der Waals surface area contributed by atoms with E-state index in [0.717, 1.165) is 10.0 Å². The molecule has 2 N–H and O–H groups in total. The fourth-order valence-corrected chi connectivity index (χ4v) is 1.77. The van der Waals surface area contributed by atoms with Crippen molar-refractivity contribution in [1.29, 1.82) is 0 Å². The van der Waals surface area contributed by atoms with Gasteiger partial charge in [-0.3, -0.25) is 0 Å². The third-order valence-electron chi connectivity index (χ3n) is 2.21. The minimum atomic E-state index is -1.33. The van der Waals surface area contributed by atoms with Crippen molar-refractivity contribution in [2.45, 2.75) is 18.9 Å². The Bertz CT molecular complexity index is 378. The molecule has 0 aliphatic carbocycles. The fraction of sp³-hybridized carbons (Fsp3) is 0.364. The maximum atomic E-state index is 10.5. The first-order chi connectivity index (χ1) is 7.54. The van der Waals surface area contributed by atoms with Crippen LogP contribution in [0.2, 0.25) is 0 Å². The minimum Gasteiger partial charge on any atom is -0.496 e. The Morgan fingerprint density at radius 3 is 2.81 bits per heavy atom. The van der Waals surface area contributed by atoms with Crippen LogP contribution < -0.4 is 4.74 Å². The molecule has 88 valence electrons. The molecule has 0 radical (unpaired) electrons. The Morgan fingerprint density at radius 1 is 1.56 bits per heavy atom. The molecule has 0 aromatic heterocycles. The third kappa shape index (κ3) is 3.50. The van der Waals surface area contributed by atoms with Gasteiger partial charge < -0.3 is 14.9 Å². The first-order valence-electron chi connectivity index (χ1n) is 4.78. The lowest BCUT2D eigenvalue weighted by Gasteiger charge is -2.10. The van der Waals surface area contributed by atoms with Crippen LogP contribution in [0.25, 0.3) is 0 Å². The summed E-state index contributed by atoms with van der Waals surface area (Å²) in [7, 11) is 1.56. The summed E-state index contributed by atoms with van der Waals surface area (Å²) in [5.74, 6) is -0.505. The average Bonchev–Trinajstić information content (AvgIpc) is 2.25. The van der Waals surface area contributed by atoms with E-state index in [0.29, 0.717) is 12.2 Å². The number of halogens is 1. The van der Waals surface area contributed by atoms with E-state index in [-0.39, 0.29) is 6.42 Å². The maximum absolute atomic E-state index is 10.5. The zero-order chi connectivity index (χ0) is 12.1. The molecular formula is C11H13BrO4. The Balaban J connectivity index is 2.72. The minimum absolute atomic E-state index is 0.169. The quantitative estimate of drug-likeness (QED) is 0.868. The van der Waals surface area contributed by atoms with Crippen molar-refractivity contribution in [1.82, 2.24) is 0 Å². The zero-order valence-electron chi connectivity index (χ0n) is 8.81. The van der Waals surface area contributed by atoms with Gasteiger partial charge in [0.1, 0.15) is 5.75 Å². The van der Waals surface area contributed by atoms with E-state index >= 15 is 0 Å². The molecule has 0 heterocycles. The first kappa shape index (κ1) is 13.0. The molecule has 0 saturated carbocycles. The number of methoxy groups -OCH3 is 1. The molecule has 16 heavy (non-hydrogen) atoms. The number of hydrogen-bond acceptors (Lipinski definition) is 3. The molecule has 4 nitrogen and oxygen atoms in total. The highest BCUT2D eigenvalue weighted by molar-refractivity contribution is 9.10. The summed E-state index contributed by atoms with van der Waals surface area (Å²) in [5.41, 5.74) is 0.872. The number of aliphatic carboxylic acids is 1. The van der Waals surface area contributed by atoms with Gasteiger partial charge in [0.25, 0.3) is 0 Å². The van der Waals surface area contributed by atoms with E-state index < -0.39 is 12.1 Å². The monoisotopic (exact) mass is 288 g/mol. The second-order valence-electron chi connectivity index (χ2n) is 3.35. The Hall–Kier alpha value is -1.07. The molecule has 0 fully saturated rings. The van der Waals surface area contributed by atoms with E-state index in [1.807, 2.05) is 12.1 Å². The standard InChI is InChI=1S/C11H13BrO4/c1-16-10-5-3-8(12)6-7(10)2-4-9(13)11(14)15/h3,5-6,9,13H,2,4H2,1H3,(H,14,15). The van der Waals surface area contributed by atoms with Gasteiger partial charge in [-0.1, -0.05) is 15.9 Å². The molecule has 1 unspecified atom stereocenters. The number of aryl methyl sites for hydroxylation is 1. The zero-order valence-corrected chi connectivity index (χ0v) is 10.4. The number of ether oxygens (including phenoxy) is 1.